The van der Waals surface area contributed by atoms with E-state index in [0.29, 0.717) is 28.3 Å². The standard InChI is InChI=1S/C25H31Cl3O4.2H2S/c1-6-16(2)14-30-20-9-7-18(8-10-20)25(4,5)19-11-22(27)24(23(28)12-19)31-15-21(13-26)32-17(3)29;;/h7-12,16,21H,6,13-15H2,1-5H3;2*1H2/t16-,21-;;/m1../s1. The van der Waals surface area contributed by atoms with E-state index < -0.39 is 12.1 Å². The van der Waals surface area contributed by atoms with Gasteiger partial charge in [0.15, 0.2) is 5.75 Å². The van der Waals surface area contributed by atoms with Gasteiger partial charge in [-0.1, -0.05) is 69.5 Å². The van der Waals surface area contributed by atoms with E-state index in [1.54, 1.807) is 0 Å². The molecule has 0 amide bonds. The molecule has 0 aromatic heterocycles. The Balaban J connectivity index is 0.00000544. The van der Waals surface area contributed by atoms with Crippen molar-refractivity contribution in [2.24, 2.45) is 5.92 Å². The molecule has 0 aliphatic rings. The van der Waals surface area contributed by atoms with Gasteiger partial charge in [0.25, 0.3) is 0 Å². The van der Waals surface area contributed by atoms with Crippen LogP contribution >= 0.6 is 61.8 Å². The van der Waals surface area contributed by atoms with E-state index in [0.717, 1.165) is 23.3 Å². The minimum absolute atomic E-state index is 0. The van der Waals surface area contributed by atoms with Gasteiger partial charge in [-0.05, 0) is 41.3 Å². The second-order valence-corrected chi connectivity index (χ2v) is 9.56. The lowest BCUT2D eigenvalue weighted by Gasteiger charge is -2.27. The van der Waals surface area contributed by atoms with Gasteiger partial charge in [0, 0.05) is 12.3 Å². The van der Waals surface area contributed by atoms with Gasteiger partial charge in [-0.3, -0.25) is 4.79 Å². The Morgan fingerprint density at radius 3 is 2.00 bits per heavy atom. The monoisotopic (exact) mass is 568 g/mol. The van der Waals surface area contributed by atoms with Crippen molar-refractivity contribution in [1.29, 1.82) is 0 Å². The van der Waals surface area contributed by atoms with Gasteiger partial charge in [0.2, 0.25) is 0 Å². The van der Waals surface area contributed by atoms with Crippen LogP contribution in [0.4, 0.5) is 0 Å². The summed E-state index contributed by atoms with van der Waals surface area (Å²) in [5.74, 6) is 1.39. The summed E-state index contributed by atoms with van der Waals surface area (Å²) in [4.78, 5) is 11.2. The van der Waals surface area contributed by atoms with Crippen molar-refractivity contribution < 1.29 is 19.0 Å². The lowest BCUT2D eigenvalue weighted by molar-refractivity contribution is -0.146. The predicted octanol–water partition coefficient (Wildman–Crippen LogP) is 7.52. The number of hydrogen-bond acceptors (Lipinski definition) is 4. The molecule has 0 spiro atoms. The number of rotatable bonds is 11. The molecule has 2 rings (SSSR count). The molecular weight excluding hydrogens is 535 g/mol. The van der Waals surface area contributed by atoms with Crippen LogP contribution in [0.5, 0.6) is 11.5 Å². The molecule has 2 atom stereocenters. The minimum atomic E-state index is -0.585. The van der Waals surface area contributed by atoms with Crippen molar-refractivity contribution in [1.82, 2.24) is 0 Å². The normalized spacial score (nSPS) is 12.6. The van der Waals surface area contributed by atoms with Crippen LogP contribution < -0.4 is 9.47 Å². The average Bonchev–Trinajstić information content (AvgIpc) is 2.75. The number of hydrogen-bond donors (Lipinski definition) is 0. The van der Waals surface area contributed by atoms with Crippen LogP contribution in [0.3, 0.4) is 0 Å². The van der Waals surface area contributed by atoms with Gasteiger partial charge in [-0.25, -0.2) is 0 Å². The number of carbonyl (C=O) groups excluding carboxylic acids is 1. The first-order valence-corrected chi connectivity index (χ1v) is 12.0. The van der Waals surface area contributed by atoms with Crippen molar-refractivity contribution in [2.75, 3.05) is 19.1 Å². The topological polar surface area (TPSA) is 44.8 Å². The van der Waals surface area contributed by atoms with Gasteiger partial charge in [-0.2, -0.15) is 27.0 Å². The van der Waals surface area contributed by atoms with E-state index in [1.165, 1.54) is 6.92 Å². The Kier molecular flexibility index (Phi) is 14.8. The molecule has 192 valence electrons. The van der Waals surface area contributed by atoms with Crippen LogP contribution in [-0.4, -0.2) is 31.2 Å². The van der Waals surface area contributed by atoms with Crippen LogP contribution in [0.1, 0.15) is 52.2 Å². The summed E-state index contributed by atoms with van der Waals surface area (Å²) in [6.45, 7) is 10.6. The van der Waals surface area contributed by atoms with Gasteiger partial charge >= 0.3 is 5.97 Å². The molecule has 4 nitrogen and oxygen atoms in total. The summed E-state index contributed by atoms with van der Waals surface area (Å²) in [6.07, 6.45) is 0.501. The molecule has 0 fully saturated rings. The SMILES string of the molecule is CC[C@@H](C)COc1ccc(C(C)(C)c2cc(Cl)c(OC[C@@H](CCl)OC(C)=O)c(Cl)c2)cc1.S.S. The molecular formula is C25H35Cl3O4S2. The number of benzene rings is 2. The van der Waals surface area contributed by atoms with E-state index in [9.17, 15) is 4.79 Å². The zero-order valence-electron chi connectivity index (χ0n) is 20.2. The summed E-state index contributed by atoms with van der Waals surface area (Å²) in [6, 6.07) is 11.8. The Morgan fingerprint density at radius 2 is 1.53 bits per heavy atom. The van der Waals surface area contributed by atoms with Crippen LogP contribution in [0.2, 0.25) is 10.0 Å². The largest absolute Gasteiger partial charge is 0.493 e. The molecule has 0 radical (unpaired) electrons. The van der Waals surface area contributed by atoms with Crippen LogP contribution in [-0.2, 0) is 14.9 Å². The fourth-order valence-corrected chi connectivity index (χ4v) is 3.82. The average molecular weight is 570 g/mol. The molecule has 9 heteroatoms. The van der Waals surface area contributed by atoms with Crippen LogP contribution in [0.15, 0.2) is 36.4 Å². The predicted molar refractivity (Wildman–Crippen MR) is 153 cm³/mol. The summed E-state index contributed by atoms with van der Waals surface area (Å²) in [7, 11) is 0. The van der Waals surface area contributed by atoms with Crippen molar-refractivity contribution in [2.45, 2.75) is 52.6 Å². The summed E-state index contributed by atoms with van der Waals surface area (Å²) < 4.78 is 16.7. The first kappa shape index (κ1) is 33.1. The first-order chi connectivity index (χ1) is 15.1. The third kappa shape index (κ3) is 9.27. The Labute approximate surface area is 232 Å². The Bertz CT molecular complexity index is 885. The third-order valence-electron chi connectivity index (χ3n) is 5.45. The zero-order valence-corrected chi connectivity index (χ0v) is 24.5. The summed E-state index contributed by atoms with van der Waals surface area (Å²) >= 11 is 18.8. The van der Waals surface area contributed by atoms with Gasteiger partial charge in [-0.15, -0.1) is 11.6 Å². The lowest BCUT2D eigenvalue weighted by Crippen LogP contribution is -2.26. The lowest BCUT2D eigenvalue weighted by atomic mass is 9.78. The van der Waals surface area contributed by atoms with Crippen LogP contribution in [0.25, 0.3) is 0 Å². The minimum Gasteiger partial charge on any atom is -0.493 e. The second kappa shape index (κ2) is 15.2. The fraction of sp³-hybridized carbons (Fsp3) is 0.480. The summed E-state index contributed by atoms with van der Waals surface area (Å²) in [5.41, 5.74) is 1.70. The number of ether oxygens (including phenoxy) is 3. The van der Waals surface area contributed by atoms with E-state index in [2.05, 4.69) is 39.8 Å². The van der Waals surface area contributed by atoms with E-state index >= 15 is 0 Å². The number of alkyl halides is 1. The first-order valence-electron chi connectivity index (χ1n) is 10.7. The smallest absolute Gasteiger partial charge is 0.303 e. The molecule has 2 aromatic carbocycles. The molecule has 0 saturated carbocycles. The van der Waals surface area contributed by atoms with Gasteiger partial charge < -0.3 is 14.2 Å². The molecule has 0 aliphatic heterocycles. The van der Waals surface area contributed by atoms with Crippen molar-refractivity contribution in [3.05, 3.63) is 57.6 Å². The zero-order chi connectivity index (χ0) is 23.9. The molecule has 0 bridgehead atoms. The maximum absolute atomic E-state index is 11.2. The van der Waals surface area contributed by atoms with Crippen molar-refractivity contribution >= 4 is 67.8 Å². The maximum atomic E-state index is 11.2. The number of halogens is 3. The molecule has 0 saturated heterocycles. The maximum Gasteiger partial charge on any atom is 0.303 e. The molecule has 34 heavy (non-hydrogen) atoms. The second-order valence-electron chi connectivity index (χ2n) is 8.44. The highest BCUT2D eigenvalue weighted by atomic mass is 35.5. The van der Waals surface area contributed by atoms with Crippen molar-refractivity contribution in [3.8, 4) is 11.5 Å². The van der Waals surface area contributed by atoms with Gasteiger partial charge in [0.05, 0.1) is 22.5 Å². The number of carbonyl (C=O) groups is 1. The quantitative estimate of drug-likeness (QED) is 0.207. The highest BCUT2D eigenvalue weighted by molar-refractivity contribution is 7.59. The van der Waals surface area contributed by atoms with E-state index in [-0.39, 0.29) is 44.9 Å². The summed E-state index contributed by atoms with van der Waals surface area (Å²) in [5, 5.41) is 0.760. The molecule has 0 aliphatic carbocycles. The third-order valence-corrected chi connectivity index (χ3v) is 6.35. The Hall–Kier alpha value is -0.920. The van der Waals surface area contributed by atoms with Crippen molar-refractivity contribution in [3.63, 3.8) is 0 Å². The molecule has 0 unspecified atom stereocenters. The highest BCUT2D eigenvalue weighted by Gasteiger charge is 2.26. The number of esters is 1. The Morgan fingerprint density at radius 1 is 0.971 bits per heavy atom. The molecule has 2 aromatic rings. The van der Waals surface area contributed by atoms with Gasteiger partial charge in [0.1, 0.15) is 18.5 Å². The molecule has 0 N–H and O–H groups in total. The van der Waals surface area contributed by atoms with E-state index in [1.807, 2.05) is 24.3 Å². The highest BCUT2D eigenvalue weighted by Crippen LogP contribution is 2.40. The fourth-order valence-electron chi connectivity index (χ4n) is 3.07. The van der Waals surface area contributed by atoms with Crippen LogP contribution in [0, 0.1) is 5.92 Å². The van der Waals surface area contributed by atoms with E-state index in [4.69, 9.17) is 49.0 Å². The molecule has 0 heterocycles.